The Bertz CT molecular complexity index is 1130. The number of halogens is 3. The Morgan fingerprint density at radius 1 is 1.19 bits per heavy atom. The molecule has 0 aliphatic carbocycles. The van der Waals surface area contributed by atoms with Crippen molar-refractivity contribution >= 4 is 29.2 Å². The van der Waals surface area contributed by atoms with Crippen LogP contribution in [0.25, 0.3) is 0 Å². The zero-order chi connectivity index (χ0) is 22.9. The van der Waals surface area contributed by atoms with Crippen LogP contribution in [0, 0.1) is 6.92 Å². The van der Waals surface area contributed by atoms with Crippen molar-refractivity contribution in [3.05, 3.63) is 65.5 Å². The summed E-state index contributed by atoms with van der Waals surface area (Å²) in [6, 6.07) is 12.1. The number of nitrogens with zero attached hydrogens (tertiary/aromatic N) is 3. The first kappa shape index (κ1) is 22.1. The number of benzene rings is 2. The van der Waals surface area contributed by atoms with Crippen LogP contribution in [0.3, 0.4) is 0 Å². The molecule has 2 aromatic carbocycles. The van der Waals surface area contributed by atoms with E-state index in [2.05, 4.69) is 10.4 Å². The highest BCUT2D eigenvalue weighted by Crippen LogP contribution is 2.39. The van der Waals surface area contributed by atoms with E-state index >= 15 is 0 Å². The SMILES string of the molecule is CCn1nc(C)cc1C(=O)Nc1ccc2c(c1)SN(c1ccc(C(F)(F)F)cc1)CCO2. The van der Waals surface area contributed by atoms with Crippen LogP contribution in [0.1, 0.15) is 28.7 Å². The Balaban J connectivity index is 1.54. The van der Waals surface area contributed by atoms with Crippen molar-refractivity contribution in [1.82, 2.24) is 9.78 Å². The molecule has 6 nitrogen and oxygen atoms in total. The highest BCUT2D eigenvalue weighted by Gasteiger charge is 2.30. The van der Waals surface area contributed by atoms with Gasteiger partial charge in [0.25, 0.3) is 5.91 Å². The van der Waals surface area contributed by atoms with Crippen molar-refractivity contribution in [2.45, 2.75) is 31.5 Å². The number of nitrogens with one attached hydrogen (secondary N) is 1. The molecule has 1 aliphatic heterocycles. The number of rotatable bonds is 4. The number of fused-ring (bicyclic) bond motifs is 1. The minimum absolute atomic E-state index is 0.272. The van der Waals surface area contributed by atoms with Gasteiger partial charge in [0.2, 0.25) is 0 Å². The van der Waals surface area contributed by atoms with Gasteiger partial charge in [-0.2, -0.15) is 18.3 Å². The van der Waals surface area contributed by atoms with Crippen molar-refractivity contribution in [3.8, 4) is 5.75 Å². The zero-order valence-electron chi connectivity index (χ0n) is 17.4. The monoisotopic (exact) mass is 462 g/mol. The molecule has 1 N–H and O–H groups in total. The van der Waals surface area contributed by atoms with Gasteiger partial charge in [0.05, 0.1) is 22.7 Å². The first-order valence-corrected chi connectivity index (χ1v) is 10.8. The van der Waals surface area contributed by atoms with Crippen molar-refractivity contribution in [2.75, 3.05) is 22.8 Å². The molecule has 0 radical (unpaired) electrons. The lowest BCUT2D eigenvalue weighted by molar-refractivity contribution is -0.137. The summed E-state index contributed by atoms with van der Waals surface area (Å²) < 4.78 is 47.9. The standard InChI is InChI=1S/C22H21F3N4O2S/c1-3-28-18(12-14(2)27-28)21(30)26-16-6-9-19-20(13-16)32-29(10-11-31-19)17-7-4-15(5-8-17)22(23,24)25/h4-9,12-13H,3,10-11H2,1-2H3,(H,26,30). The molecule has 10 heteroatoms. The summed E-state index contributed by atoms with van der Waals surface area (Å²) in [5, 5.41) is 7.18. The number of anilines is 2. The van der Waals surface area contributed by atoms with E-state index in [0.29, 0.717) is 42.5 Å². The van der Waals surface area contributed by atoms with E-state index in [4.69, 9.17) is 4.74 Å². The minimum Gasteiger partial charge on any atom is -0.490 e. The van der Waals surface area contributed by atoms with Crippen molar-refractivity contribution < 1.29 is 22.7 Å². The molecule has 4 rings (SSSR count). The van der Waals surface area contributed by atoms with Gasteiger partial charge < -0.3 is 14.4 Å². The number of carbonyl (C=O) groups excluding carboxylic acids is 1. The van der Waals surface area contributed by atoms with Crippen LogP contribution < -0.4 is 14.4 Å². The molecule has 1 aromatic heterocycles. The highest BCUT2D eigenvalue weighted by atomic mass is 32.2. The second kappa shape index (κ2) is 8.78. The highest BCUT2D eigenvalue weighted by molar-refractivity contribution is 8.00. The van der Waals surface area contributed by atoms with Crippen LogP contribution in [0.15, 0.2) is 53.4 Å². The predicted molar refractivity (Wildman–Crippen MR) is 117 cm³/mol. The summed E-state index contributed by atoms with van der Waals surface area (Å²) in [6.45, 7) is 5.18. The molecule has 32 heavy (non-hydrogen) atoms. The number of aryl methyl sites for hydroxylation is 2. The van der Waals surface area contributed by atoms with Crippen LogP contribution >= 0.6 is 11.9 Å². The van der Waals surface area contributed by atoms with Crippen LogP contribution in [0.5, 0.6) is 5.75 Å². The summed E-state index contributed by atoms with van der Waals surface area (Å²) in [5.74, 6) is 0.378. The van der Waals surface area contributed by atoms with Gasteiger partial charge >= 0.3 is 6.18 Å². The Kier molecular flexibility index (Phi) is 6.05. The molecule has 0 fully saturated rings. The quantitative estimate of drug-likeness (QED) is 0.527. The summed E-state index contributed by atoms with van der Waals surface area (Å²) in [6.07, 6.45) is -4.38. The Labute approximate surface area is 187 Å². The fourth-order valence-corrected chi connectivity index (χ4v) is 4.37. The number of carbonyl (C=O) groups is 1. The molecule has 2 heterocycles. The van der Waals surface area contributed by atoms with E-state index in [1.165, 1.54) is 24.1 Å². The Hall–Kier alpha value is -3.14. The van der Waals surface area contributed by atoms with E-state index in [1.807, 2.05) is 18.2 Å². The van der Waals surface area contributed by atoms with Gasteiger partial charge in [0.15, 0.2) is 0 Å². The second-order valence-corrected chi connectivity index (χ2v) is 8.25. The largest absolute Gasteiger partial charge is 0.490 e. The Morgan fingerprint density at radius 2 is 1.94 bits per heavy atom. The second-order valence-electron chi connectivity index (χ2n) is 7.19. The number of amides is 1. The van der Waals surface area contributed by atoms with Gasteiger partial charge in [-0.05, 0) is 74.3 Å². The molecule has 1 aliphatic rings. The van der Waals surface area contributed by atoms with Gasteiger partial charge in [-0.1, -0.05) is 0 Å². The predicted octanol–water partition coefficient (Wildman–Crippen LogP) is 5.39. The molecule has 0 saturated carbocycles. The number of ether oxygens (including phenoxy) is 1. The number of alkyl halides is 3. The maximum absolute atomic E-state index is 12.9. The van der Waals surface area contributed by atoms with Crippen molar-refractivity contribution in [1.29, 1.82) is 0 Å². The van der Waals surface area contributed by atoms with Crippen LogP contribution in [0.4, 0.5) is 24.5 Å². The van der Waals surface area contributed by atoms with Crippen LogP contribution in [-0.2, 0) is 12.7 Å². The first-order chi connectivity index (χ1) is 15.2. The molecular formula is C22H21F3N4O2S. The molecule has 168 valence electrons. The molecule has 3 aromatic rings. The van der Waals surface area contributed by atoms with E-state index in [1.54, 1.807) is 28.9 Å². The summed E-state index contributed by atoms with van der Waals surface area (Å²) in [4.78, 5) is 13.5. The third-order valence-corrected chi connectivity index (χ3v) is 6.01. The topological polar surface area (TPSA) is 59.4 Å². The third kappa shape index (κ3) is 4.69. The number of aromatic nitrogens is 2. The maximum Gasteiger partial charge on any atom is 0.416 e. The smallest absolute Gasteiger partial charge is 0.416 e. The van der Waals surface area contributed by atoms with E-state index in [0.717, 1.165) is 22.7 Å². The zero-order valence-corrected chi connectivity index (χ0v) is 18.3. The molecule has 0 bridgehead atoms. The molecule has 0 saturated heterocycles. The van der Waals surface area contributed by atoms with Gasteiger partial charge in [-0.15, -0.1) is 0 Å². The number of hydrogen-bond acceptors (Lipinski definition) is 5. The average Bonchev–Trinajstić information content (AvgIpc) is 3.01. The first-order valence-electron chi connectivity index (χ1n) is 10.00. The fraction of sp³-hybridized carbons (Fsp3) is 0.273. The van der Waals surface area contributed by atoms with Gasteiger partial charge in [0.1, 0.15) is 18.1 Å². The average molecular weight is 462 g/mol. The lowest BCUT2D eigenvalue weighted by Gasteiger charge is -2.21. The van der Waals surface area contributed by atoms with Gasteiger partial charge in [-0.3, -0.25) is 9.48 Å². The van der Waals surface area contributed by atoms with Crippen LogP contribution in [0.2, 0.25) is 0 Å². The Morgan fingerprint density at radius 3 is 2.62 bits per heavy atom. The molecule has 0 spiro atoms. The van der Waals surface area contributed by atoms with Crippen LogP contribution in [-0.4, -0.2) is 28.8 Å². The molecule has 0 atom stereocenters. The van der Waals surface area contributed by atoms with E-state index in [9.17, 15) is 18.0 Å². The molecule has 1 amide bonds. The lowest BCUT2D eigenvalue weighted by Crippen LogP contribution is -2.19. The maximum atomic E-state index is 12.9. The van der Waals surface area contributed by atoms with Gasteiger partial charge in [0, 0.05) is 17.9 Å². The minimum atomic E-state index is -4.38. The summed E-state index contributed by atoms with van der Waals surface area (Å²) in [7, 11) is 0. The summed E-state index contributed by atoms with van der Waals surface area (Å²) in [5.41, 5.74) is 1.76. The van der Waals surface area contributed by atoms with Gasteiger partial charge in [-0.25, -0.2) is 0 Å². The van der Waals surface area contributed by atoms with Crippen molar-refractivity contribution in [2.24, 2.45) is 0 Å². The molecule has 0 unspecified atom stereocenters. The van der Waals surface area contributed by atoms with E-state index < -0.39 is 11.7 Å². The van der Waals surface area contributed by atoms with E-state index in [-0.39, 0.29) is 5.91 Å². The molecular weight excluding hydrogens is 441 g/mol. The number of hydrogen-bond donors (Lipinski definition) is 1. The van der Waals surface area contributed by atoms with Crippen molar-refractivity contribution in [3.63, 3.8) is 0 Å². The third-order valence-electron chi connectivity index (χ3n) is 4.88. The fourth-order valence-electron chi connectivity index (χ4n) is 3.34. The normalized spacial score (nSPS) is 13.8. The summed E-state index contributed by atoms with van der Waals surface area (Å²) >= 11 is 1.35. The lowest BCUT2D eigenvalue weighted by atomic mass is 10.2.